The first-order chi connectivity index (χ1) is 10.1. The monoisotopic (exact) mass is 283 g/mol. The molecule has 2 aromatic carbocycles. The van der Waals surface area contributed by atoms with Gasteiger partial charge in [-0.25, -0.2) is 4.39 Å². The molecule has 21 heavy (non-hydrogen) atoms. The van der Waals surface area contributed by atoms with Crippen LogP contribution in [0.25, 0.3) is 0 Å². The molecule has 0 aliphatic carbocycles. The van der Waals surface area contributed by atoms with Crippen molar-refractivity contribution in [2.24, 2.45) is 0 Å². The highest BCUT2D eigenvalue weighted by Gasteiger charge is 2.26. The third kappa shape index (κ3) is 3.16. The molecule has 1 heterocycles. The molecule has 0 bridgehead atoms. The Morgan fingerprint density at radius 2 is 1.95 bits per heavy atom. The number of rotatable bonds is 3. The van der Waals surface area contributed by atoms with E-state index in [0.29, 0.717) is 6.04 Å². The predicted molar refractivity (Wildman–Crippen MR) is 84.7 cm³/mol. The molecule has 0 saturated carbocycles. The molecule has 1 atom stereocenters. The quantitative estimate of drug-likeness (QED) is 0.783. The van der Waals surface area contributed by atoms with Gasteiger partial charge < -0.3 is 0 Å². The smallest absolute Gasteiger partial charge is 0.123 e. The Hall–Kier alpha value is -1.67. The molecule has 2 heteroatoms. The van der Waals surface area contributed by atoms with Crippen molar-refractivity contribution in [2.45, 2.75) is 39.3 Å². The molecule has 0 amide bonds. The van der Waals surface area contributed by atoms with Crippen molar-refractivity contribution in [3.63, 3.8) is 0 Å². The van der Waals surface area contributed by atoms with Crippen LogP contribution in [0.15, 0.2) is 42.5 Å². The Morgan fingerprint density at radius 3 is 2.71 bits per heavy atom. The molecule has 1 aliphatic heterocycles. The van der Waals surface area contributed by atoms with E-state index < -0.39 is 0 Å². The molecule has 0 radical (unpaired) electrons. The molecule has 1 nitrogen and oxygen atoms in total. The highest BCUT2D eigenvalue weighted by atomic mass is 19.1. The van der Waals surface area contributed by atoms with Crippen LogP contribution in [0.5, 0.6) is 0 Å². The lowest BCUT2D eigenvalue weighted by Crippen LogP contribution is -2.22. The van der Waals surface area contributed by atoms with E-state index in [4.69, 9.17) is 0 Å². The number of nitrogens with zero attached hydrogens (tertiary/aromatic N) is 1. The zero-order valence-corrected chi connectivity index (χ0v) is 12.8. The SMILES string of the molecule is Cc1ccc(CN2CCCC2c2cccc(F)c2)cc1C. The van der Waals surface area contributed by atoms with Crippen LogP contribution in [0.1, 0.15) is 41.1 Å². The van der Waals surface area contributed by atoms with Crippen molar-refractivity contribution in [2.75, 3.05) is 6.54 Å². The van der Waals surface area contributed by atoms with E-state index in [1.807, 2.05) is 12.1 Å². The molecule has 0 spiro atoms. The van der Waals surface area contributed by atoms with Gasteiger partial charge in [-0.05, 0) is 67.6 Å². The number of aryl methyl sites for hydroxylation is 2. The maximum absolute atomic E-state index is 13.5. The fourth-order valence-corrected chi connectivity index (χ4v) is 3.24. The first kappa shape index (κ1) is 14.3. The largest absolute Gasteiger partial charge is 0.292 e. The van der Waals surface area contributed by atoms with Crippen molar-refractivity contribution in [3.05, 3.63) is 70.5 Å². The third-order valence-electron chi connectivity index (χ3n) is 4.55. The van der Waals surface area contributed by atoms with Gasteiger partial charge in [-0.1, -0.05) is 30.3 Å². The zero-order chi connectivity index (χ0) is 14.8. The van der Waals surface area contributed by atoms with Gasteiger partial charge in [0.1, 0.15) is 5.82 Å². The Bertz CT molecular complexity index is 635. The number of hydrogen-bond acceptors (Lipinski definition) is 1. The molecule has 1 fully saturated rings. The third-order valence-corrected chi connectivity index (χ3v) is 4.55. The van der Waals surface area contributed by atoms with Gasteiger partial charge in [-0.3, -0.25) is 4.90 Å². The van der Waals surface area contributed by atoms with Crippen molar-refractivity contribution in [1.29, 1.82) is 0 Å². The summed E-state index contributed by atoms with van der Waals surface area (Å²) in [4.78, 5) is 2.47. The number of hydrogen-bond donors (Lipinski definition) is 0. The Morgan fingerprint density at radius 1 is 1.10 bits per heavy atom. The summed E-state index contributed by atoms with van der Waals surface area (Å²) in [7, 11) is 0. The lowest BCUT2D eigenvalue weighted by atomic mass is 10.0. The van der Waals surface area contributed by atoms with E-state index in [9.17, 15) is 4.39 Å². The molecule has 0 N–H and O–H groups in total. The van der Waals surface area contributed by atoms with Crippen LogP contribution in [0.4, 0.5) is 4.39 Å². The zero-order valence-electron chi connectivity index (χ0n) is 12.8. The fraction of sp³-hybridized carbons (Fsp3) is 0.368. The van der Waals surface area contributed by atoms with E-state index in [-0.39, 0.29) is 5.82 Å². The highest BCUT2D eigenvalue weighted by molar-refractivity contribution is 5.30. The lowest BCUT2D eigenvalue weighted by molar-refractivity contribution is 0.248. The lowest BCUT2D eigenvalue weighted by Gasteiger charge is -2.25. The average molecular weight is 283 g/mol. The molecule has 1 saturated heterocycles. The van der Waals surface area contributed by atoms with E-state index in [1.165, 1.54) is 29.2 Å². The maximum Gasteiger partial charge on any atom is 0.123 e. The number of benzene rings is 2. The summed E-state index contributed by atoms with van der Waals surface area (Å²) < 4.78 is 13.5. The Labute approximate surface area is 126 Å². The molecule has 0 aromatic heterocycles. The van der Waals surface area contributed by atoms with Crippen LogP contribution in [-0.4, -0.2) is 11.4 Å². The van der Waals surface area contributed by atoms with Crippen molar-refractivity contribution in [3.8, 4) is 0 Å². The van der Waals surface area contributed by atoms with Crippen LogP contribution in [0.2, 0.25) is 0 Å². The van der Waals surface area contributed by atoms with Crippen molar-refractivity contribution in [1.82, 2.24) is 4.90 Å². The fourth-order valence-electron chi connectivity index (χ4n) is 3.24. The van der Waals surface area contributed by atoms with Crippen molar-refractivity contribution < 1.29 is 4.39 Å². The Kier molecular flexibility index (Phi) is 4.07. The van der Waals surface area contributed by atoms with Crippen molar-refractivity contribution >= 4 is 0 Å². The van der Waals surface area contributed by atoms with E-state index in [0.717, 1.165) is 25.1 Å². The minimum absolute atomic E-state index is 0.134. The van der Waals surface area contributed by atoms with Crippen LogP contribution in [0.3, 0.4) is 0 Å². The Balaban J connectivity index is 1.79. The van der Waals surface area contributed by atoms with Gasteiger partial charge in [0.05, 0.1) is 0 Å². The first-order valence-electron chi connectivity index (χ1n) is 7.69. The summed E-state index contributed by atoms with van der Waals surface area (Å²) in [5, 5.41) is 0. The van der Waals surface area contributed by atoms with Gasteiger partial charge in [0, 0.05) is 12.6 Å². The first-order valence-corrected chi connectivity index (χ1v) is 7.69. The minimum atomic E-state index is -0.134. The van der Waals surface area contributed by atoms with E-state index in [2.05, 4.69) is 36.9 Å². The van der Waals surface area contributed by atoms with Gasteiger partial charge in [0.2, 0.25) is 0 Å². The summed E-state index contributed by atoms with van der Waals surface area (Å²) in [6.07, 6.45) is 2.31. The normalized spacial score (nSPS) is 19.1. The van der Waals surface area contributed by atoms with E-state index in [1.54, 1.807) is 6.07 Å². The second-order valence-corrected chi connectivity index (χ2v) is 6.10. The van der Waals surface area contributed by atoms with Crippen LogP contribution >= 0.6 is 0 Å². The van der Waals surface area contributed by atoms with Crippen LogP contribution in [-0.2, 0) is 6.54 Å². The molecule has 2 aromatic rings. The number of halogens is 1. The predicted octanol–water partition coefficient (Wildman–Crippen LogP) is 4.78. The number of likely N-dealkylation sites (tertiary alicyclic amines) is 1. The standard InChI is InChI=1S/C19H22FN/c1-14-8-9-16(11-15(14)2)13-21-10-4-7-19(21)17-5-3-6-18(20)12-17/h3,5-6,8-9,11-12,19H,4,7,10,13H2,1-2H3. The molecular formula is C19H22FN. The van der Waals surface area contributed by atoms with Gasteiger partial charge >= 0.3 is 0 Å². The molecular weight excluding hydrogens is 261 g/mol. The molecule has 3 rings (SSSR count). The van der Waals surface area contributed by atoms with Crippen LogP contribution < -0.4 is 0 Å². The van der Waals surface area contributed by atoms with Gasteiger partial charge in [-0.15, -0.1) is 0 Å². The maximum atomic E-state index is 13.5. The average Bonchev–Trinajstić information content (AvgIpc) is 2.91. The van der Waals surface area contributed by atoms with Gasteiger partial charge in [-0.2, -0.15) is 0 Å². The molecule has 110 valence electrons. The highest BCUT2D eigenvalue weighted by Crippen LogP contribution is 2.33. The second-order valence-electron chi connectivity index (χ2n) is 6.10. The second kappa shape index (κ2) is 5.98. The summed E-state index contributed by atoms with van der Waals surface area (Å²) in [6.45, 7) is 6.34. The summed E-state index contributed by atoms with van der Waals surface area (Å²) in [6, 6.07) is 14.1. The topological polar surface area (TPSA) is 3.24 Å². The van der Waals surface area contributed by atoms with Crippen LogP contribution in [0, 0.1) is 19.7 Å². The minimum Gasteiger partial charge on any atom is -0.292 e. The summed E-state index contributed by atoms with van der Waals surface area (Å²) >= 11 is 0. The van der Waals surface area contributed by atoms with Gasteiger partial charge in [0.15, 0.2) is 0 Å². The molecule has 1 unspecified atom stereocenters. The summed E-state index contributed by atoms with van der Waals surface area (Å²) in [5.41, 5.74) is 5.13. The van der Waals surface area contributed by atoms with E-state index >= 15 is 0 Å². The summed E-state index contributed by atoms with van der Waals surface area (Å²) in [5.74, 6) is -0.134. The molecule has 1 aliphatic rings. The van der Waals surface area contributed by atoms with Gasteiger partial charge in [0.25, 0.3) is 0 Å².